The molecule has 0 radical (unpaired) electrons. The first-order valence-corrected chi connectivity index (χ1v) is 6.55. The van der Waals surface area contributed by atoms with E-state index >= 15 is 0 Å². The quantitative estimate of drug-likeness (QED) is 0.736. The molecular weight excluding hydrogens is 232 g/mol. The number of carboxylic acid groups (broad SMARTS) is 1. The Bertz CT molecular complexity index is 279. The number of hydrogen-bond donors (Lipinski definition) is 2. The molecule has 1 unspecified atom stereocenters. The molecule has 0 bridgehead atoms. The van der Waals surface area contributed by atoms with Gasteiger partial charge in [0.05, 0.1) is 0 Å². The molecule has 0 aliphatic rings. The van der Waals surface area contributed by atoms with E-state index in [1.165, 1.54) is 0 Å². The minimum absolute atomic E-state index is 0.114. The molecule has 2 atom stereocenters. The molecule has 0 aromatic carbocycles. The zero-order chi connectivity index (χ0) is 14.3. The molecule has 5 nitrogen and oxygen atoms in total. The molecule has 0 saturated carbocycles. The Kier molecular flexibility index (Phi) is 7.39. The second-order valence-electron chi connectivity index (χ2n) is 5.22. The van der Waals surface area contributed by atoms with E-state index in [-0.39, 0.29) is 18.0 Å². The van der Waals surface area contributed by atoms with Crippen molar-refractivity contribution in [2.45, 2.75) is 59.0 Å². The van der Waals surface area contributed by atoms with Gasteiger partial charge in [0.25, 0.3) is 0 Å². The highest BCUT2D eigenvalue weighted by Crippen LogP contribution is 2.08. The molecule has 106 valence electrons. The van der Waals surface area contributed by atoms with E-state index in [9.17, 15) is 9.59 Å². The van der Waals surface area contributed by atoms with Crippen molar-refractivity contribution in [2.75, 3.05) is 7.05 Å². The SMILES string of the molecule is CCCC(C)N(C)C(=O)N[C@H](CC(C)C)C(=O)O. The fourth-order valence-electron chi connectivity index (χ4n) is 1.76. The molecular formula is C13H26N2O3. The molecule has 2 N–H and O–H groups in total. The third-order valence-electron chi connectivity index (χ3n) is 2.99. The predicted octanol–water partition coefficient (Wildman–Crippen LogP) is 2.32. The van der Waals surface area contributed by atoms with Gasteiger partial charge in [0, 0.05) is 13.1 Å². The molecule has 0 saturated heterocycles. The maximum Gasteiger partial charge on any atom is 0.326 e. The van der Waals surface area contributed by atoms with Crippen molar-refractivity contribution in [1.29, 1.82) is 0 Å². The minimum Gasteiger partial charge on any atom is -0.480 e. The van der Waals surface area contributed by atoms with E-state index in [4.69, 9.17) is 5.11 Å². The number of carbonyl (C=O) groups excluding carboxylic acids is 1. The van der Waals surface area contributed by atoms with Gasteiger partial charge < -0.3 is 15.3 Å². The predicted molar refractivity (Wildman–Crippen MR) is 71.5 cm³/mol. The van der Waals surface area contributed by atoms with Crippen molar-refractivity contribution in [3.63, 3.8) is 0 Å². The van der Waals surface area contributed by atoms with Gasteiger partial charge in [-0.15, -0.1) is 0 Å². The zero-order valence-electron chi connectivity index (χ0n) is 12.1. The number of aliphatic carboxylic acids is 1. The first kappa shape index (κ1) is 16.7. The Hall–Kier alpha value is -1.26. The van der Waals surface area contributed by atoms with Crippen LogP contribution in [0.15, 0.2) is 0 Å². The van der Waals surface area contributed by atoms with Gasteiger partial charge >= 0.3 is 12.0 Å². The van der Waals surface area contributed by atoms with Crippen molar-refractivity contribution in [1.82, 2.24) is 10.2 Å². The van der Waals surface area contributed by atoms with Gasteiger partial charge in [-0.3, -0.25) is 0 Å². The van der Waals surface area contributed by atoms with Gasteiger partial charge in [0.1, 0.15) is 6.04 Å². The lowest BCUT2D eigenvalue weighted by Crippen LogP contribution is -2.49. The maximum atomic E-state index is 11.9. The van der Waals surface area contributed by atoms with Crippen LogP contribution in [-0.4, -0.2) is 41.1 Å². The molecule has 0 heterocycles. The fourth-order valence-corrected chi connectivity index (χ4v) is 1.76. The number of urea groups is 1. The highest BCUT2D eigenvalue weighted by atomic mass is 16.4. The molecule has 5 heteroatoms. The van der Waals surface area contributed by atoms with Gasteiger partial charge in [0.15, 0.2) is 0 Å². The average molecular weight is 258 g/mol. The monoisotopic (exact) mass is 258 g/mol. The van der Waals surface area contributed by atoms with Crippen molar-refractivity contribution in [2.24, 2.45) is 5.92 Å². The van der Waals surface area contributed by atoms with Gasteiger partial charge in [-0.2, -0.15) is 0 Å². The van der Waals surface area contributed by atoms with Crippen LogP contribution in [0.4, 0.5) is 4.79 Å². The van der Waals surface area contributed by atoms with Crippen LogP contribution in [-0.2, 0) is 4.79 Å². The van der Waals surface area contributed by atoms with Crippen molar-refractivity contribution in [3.05, 3.63) is 0 Å². The molecule has 18 heavy (non-hydrogen) atoms. The number of carbonyl (C=O) groups is 2. The Morgan fingerprint density at radius 2 is 1.83 bits per heavy atom. The summed E-state index contributed by atoms with van der Waals surface area (Å²) in [6.45, 7) is 7.89. The first-order chi connectivity index (χ1) is 8.29. The van der Waals surface area contributed by atoms with Crippen LogP contribution < -0.4 is 5.32 Å². The van der Waals surface area contributed by atoms with Crippen LogP contribution in [0.3, 0.4) is 0 Å². The summed E-state index contributed by atoms with van der Waals surface area (Å²) in [6, 6.07) is -1.01. The molecule has 0 rings (SSSR count). The second kappa shape index (κ2) is 7.95. The van der Waals surface area contributed by atoms with Crippen molar-refractivity contribution < 1.29 is 14.7 Å². The summed E-state index contributed by atoms with van der Waals surface area (Å²) in [7, 11) is 1.70. The summed E-state index contributed by atoms with van der Waals surface area (Å²) in [5, 5.41) is 11.6. The molecule has 2 amide bonds. The molecule has 0 spiro atoms. The number of amides is 2. The Labute approximate surface area is 110 Å². The second-order valence-corrected chi connectivity index (χ2v) is 5.22. The van der Waals surface area contributed by atoms with Crippen LogP contribution in [0.1, 0.15) is 47.0 Å². The third kappa shape index (κ3) is 5.89. The topological polar surface area (TPSA) is 69.6 Å². The summed E-state index contributed by atoms with van der Waals surface area (Å²) in [4.78, 5) is 24.5. The van der Waals surface area contributed by atoms with Crippen LogP contribution in [0.2, 0.25) is 0 Å². The molecule has 0 fully saturated rings. The van der Waals surface area contributed by atoms with Crippen LogP contribution in [0.25, 0.3) is 0 Å². The standard InChI is InChI=1S/C13H26N2O3/c1-6-7-10(4)15(5)13(18)14-11(12(16)17)8-9(2)3/h9-11H,6-8H2,1-5H3,(H,14,18)(H,16,17)/t10?,11-/m1/s1. The van der Waals surface area contributed by atoms with Crippen molar-refractivity contribution >= 4 is 12.0 Å². The maximum absolute atomic E-state index is 11.9. The Morgan fingerprint density at radius 1 is 1.28 bits per heavy atom. The van der Waals surface area contributed by atoms with Crippen LogP contribution in [0.5, 0.6) is 0 Å². The Balaban J connectivity index is 4.45. The fraction of sp³-hybridized carbons (Fsp3) is 0.846. The number of carboxylic acids is 1. The number of nitrogens with one attached hydrogen (secondary N) is 1. The summed E-state index contributed by atoms with van der Waals surface area (Å²) >= 11 is 0. The summed E-state index contributed by atoms with van der Waals surface area (Å²) in [5.41, 5.74) is 0. The Morgan fingerprint density at radius 3 is 2.22 bits per heavy atom. The smallest absolute Gasteiger partial charge is 0.326 e. The van der Waals surface area contributed by atoms with E-state index in [0.29, 0.717) is 6.42 Å². The average Bonchev–Trinajstić information content (AvgIpc) is 2.26. The van der Waals surface area contributed by atoms with E-state index in [1.807, 2.05) is 20.8 Å². The van der Waals surface area contributed by atoms with Gasteiger partial charge in [-0.25, -0.2) is 9.59 Å². The largest absolute Gasteiger partial charge is 0.480 e. The summed E-state index contributed by atoms with van der Waals surface area (Å²) in [6.07, 6.45) is 2.34. The normalized spacial score (nSPS) is 14.1. The molecule has 0 aromatic rings. The lowest BCUT2D eigenvalue weighted by molar-refractivity contribution is -0.139. The highest BCUT2D eigenvalue weighted by Gasteiger charge is 2.24. The highest BCUT2D eigenvalue weighted by molar-refractivity contribution is 5.82. The van der Waals surface area contributed by atoms with E-state index in [2.05, 4.69) is 12.2 Å². The van der Waals surface area contributed by atoms with Gasteiger partial charge in [-0.05, 0) is 25.7 Å². The molecule has 0 aromatic heterocycles. The number of nitrogens with zero attached hydrogens (tertiary/aromatic N) is 1. The van der Waals surface area contributed by atoms with Gasteiger partial charge in [0.2, 0.25) is 0 Å². The van der Waals surface area contributed by atoms with E-state index in [0.717, 1.165) is 12.8 Å². The first-order valence-electron chi connectivity index (χ1n) is 6.55. The molecule has 0 aliphatic heterocycles. The summed E-state index contributed by atoms with van der Waals surface area (Å²) < 4.78 is 0. The number of rotatable bonds is 7. The third-order valence-corrected chi connectivity index (χ3v) is 2.99. The zero-order valence-corrected chi connectivity index (χ0v) is 12.1. The van der Waals surface area contributed by atoms with Crippen LogP contribution >= 0.6 is 0 Å². The lowest BCUT2D eigenvalue weighted by atomic mass is 10.0. The van der Waals surface area contributed by atoms with Crippen molar-refractivity contribution in [3.8, 4) is 0 Å². The van der Waals surface area contributed by atoms with E-state index in [1.54, 1.807) is 11.9 Å². The summed E-state index contributed by atoms with van der Waals surface area (Å²) in [5.74, 6) is -0.752. The van der Waals surface area contributed by atoms with E-state index < -0.39 is 12.0 Å². The van der Waals surface area contributed by atoms with Gasteiger partial charge in [-0.1, -0.05) is 27.2 Å². The minimum atomic E-state index is -0.978. The lowest BCUT2D eigenvalue weighted by Gasteiger charge is -2.27. The van der Waals surface area contributed by atoms with Crippen LogP contribution in [0, 0.1) is 5.92 Å². The molecule has 0 aliphatic carbocycles. The number of hydrogen-bond acceptors (Lipinski definition) is 2.